The number of rotatable bonds is 4. The molecule has 30 heavy (non-hydrogen) atoms. The van der Waals surface area contributed by atoms with Crippen molar-refractivity contribution in [1.29, 1.82) is 0 Å². The minimum atomic E-state index is -0.434. The molecule has 0 atom stereocenters. The van der Waals surface area contributed by atoms with Crippen LogP contribution < -0.4 is 4.80 Å². The summed E-state index contributed by atoms with van der Waals surface area (Å²) < 4.78 is 7.47. The van der Waals surface area contributed by atoms with Gasteiger partial charge in [-0.1, -0.05) is 40.6 Å². The Morgan fingerprint density at radius 1 is 1.13 bits per heavy atom. The molecule has 1 amide bonds. The van der Waals surface area contributed by atoms with Gasteiger partial charge in [-0.05, 0) is 68.0 Å². The van der Waals surface area contributed by atoms with Gasteiger partial charge >= 0.3 is 5.97 Å². The van der Waals surface area contributed by atoms with Crippen molar-refractivity contribution < 1.29 is 14.3 Å². The largest absolute Gasteiger partial charge is 0.465 e. The van der Waals surface area contributed by atoms with Crippen LogP contribution in [0.1, 0.15) is 41.3 Å². The molecule has 5 nitrogen and oxygen atoms in total. The van der Waals surface area contributed by atoms with Crippen molar-refractivity contribution in [1.82, 2.24) is 4.57 Å². The van der Waals surface area contributed by atoms with E-state index in [1.807, 2.05) is 18.2 Å². The summed E-state index contributed by atoms with van der Waals surface area (Å²) in [5, 5.41) is 0.685. The number of carbonyl (C=O) groups excluding carboxylic acids is 2. The van der Waals surface area contributed by atoms with Crippen LogP contribution in [-0.4, -0.2) is 23.1 Å². The van der Waals surface area contributed by atoms with Gasteiger partial charge in [-0.2, -0.15) is 4.99 Å². The maximum absolute atomic E-state index is 12.9. The summed E-state index contributed by atoms with van der Waals surface area (Å²) in [6.07, 6.45) is 4.35. The maximum Gasteiger partial charge on any atom is 0.326 e. The first-order valence-electron chi connectivity index (χ1n) is 9.81. The molecule has 156 valence electrons. The van der Waals surface area contributed by atoms with E-state index < -0.39 is 5.97 Å². The second-order valence-electron chi connectivity index (χ2n) is 7.09. The minimum absolute atomic E-state index is 0.107. The third kappa shape index (κ3) is 4.17. The highest BCUT2D eigenvalue weighted by molar-refractivity contribution is 7.16. The monoisotopic (exact) mass is 462 g/mol. The average molecular weight is 463 g/mol. The first kappa shape index (κ1) is 21.1. The Morgan fingerprint density at radius 3 is 2.67 bits per heavy atom. The molecule has 0 fully saturated rings. The zero-order valence-corrected chi connectivity index (χ0v) is 18.7. The number of ether oxygens (including phenoxy) is 1. The average Bonchev–Trinajstić information content (AvgIpc) is 3.08. The molecule has 1 aromatic heterocycles. The number of hydrogen-bond acceptors (Lipinski definition) is 4. The molecule has 4 rings (SSSR count). The number of carbonyl (C=O) groups is 2. The highest BCUT2D eigenvalue weighted by Crippen LogP contribution is 2.32. The van der Waals surface area contributed by atoms with Gasteiger partial charge in [0.05, 0.1) is 26.9 Å². The lowest BCUT2D eigenvalue weighted by molar-refractivity contribution is -0.143. The topological polar surface area (TPSA) is 60.7 Å². The summed E-state index contributed by atoms with van der Waals surface area (Å²) >= 11 is 13.9. The van der Waals surface area contributed by atoms with Crippen molar-refractivity contribution in [2.75, 3.05) is 6.61 Å². The molecule has 3 aromatic rings. The lowest BCUT2D eigenvalue weighted by Crippen LogP contribution is -2.23. The van der Waals surface area contributed by atoms with Crippen LogP contribution in [0, 0.1) is 0 Å². The van der Waals surface area contributed by atoms with Crippen molar-refractivity contribution >= 4 is 56.6 Å². The van der Waals surface area contributed by atoms with Gasteiger partial charge < -0.3 is 9.30 Å². The number of aromatic nitrogens is 1. The third-order valence-corrected chi connectivity index (χ3v) is 6.96. The van der Waals surface area contributed by atoms with E-state index >= 15 is 0 Å². The van der Waals surface area contributed by atoms with Crippen LogP contribution in [0.3, 0.4) is 0 Å². The molecule has 0 spiro atoms. The lowest BCUT2D eigenvalue weighted by atomic mass is 9.90. The predicted octanol–water partition coefficient (Wildman–Crippen LogP) is 5.19. The zero-order valence-electron chi connectivity index (χ0n) is 16.4. The maximum atomic E-state index is 12.9. The quantitative estimate of drug-likeness (QED) is 0.501. The first-order chi connectivity index (χ1) is 14.5. The zero-order chi connectivity index (χ0) is 21.3. The Labute approximate surface area is 187 Å². The van der Waals surface area contributed by atoms with Crippen LogP contribution in [0.15, 0.2) is 35.3 Å². The Morgan fingerprint density at radius 2 is 1.90 bits per heavy atom. The number of thiazole rings is 1. The number of aryl methyl sites for hydroxylation is 2. The Bertz CT molecular complexity index is 1210. The summed E-state index contributed by atoms with van der Waals surface area (Å²) in [5.41, 5.74) is 3.63. The Hall–Kier alpha value is -2.15. The number of amides is 1. The Balaban J connectivity index is 1.80. The van der Waals surface area contributed by atoms with E-state index in [9.17, 15) is 9.59 Å². The van der Waals surface area contributed by atoms with Crippen LogP contribution in [-0.2, 0) is 28.9 Å². The molecule has 2 aromatic carbocycles. The van der Waals surface area contributed by atoms with Gasteiger partial charge in [0, 0.05) is 5.56 Å². The van der Waals surface area contributed by atoms with Crippen molar-refractivity contribution in [3.8, 4) is 0 Å². The second kappa shape index (κ2) is 8.92. The fraction of sp³-hybridized carbons (Fsp3) is 0.318. The summed E-state index contributed by atoms with van der Waals surface area (Å²) in [7, 11) is 0. The lowest BCUT2D eigenvalue weighted by Gasteiger charge is -2.15. The van der Waals surface area contributed by atoms with Gasteiger partial charge in [0.15, 0.2) is 4.80 Å². The summed E-state index contributed by atoms with van der Waals surface area (Å²) in [6, 6.07) is 9.27. The van der Waals surface area contributed by atoms with Crippen molar-refractivity contribution in [2.24, 2.45) is 4.99 Å². The molecular weight excluding hydrogens is 443 g/mol. The molecular formula is C22H20Cl2N2O3S. The molecule has 0 unspecified atom stereocenters. The number of benzene rings is 2. The van der Waals surface area contributed by atoms with Crippen LogP contribution >= 0.6 is 34.5 Å². The summed E-state index contributed by atoms with van der Waals surface area (Å²) in [5.74, 6) is -0.786. The van der Waals surface area contributed by atoms with Crippen molar-refractivity contribution in [3.63, 3.8) is 0 Å². The molecule has 1 aliphatic carbocycles. The van der Waals surface area contributed by atoms with Crippen LogP contribution in [0.2, 0.25) is 10.0 Å². The number of esters is 1. The van der Waals surface area contributed by atoms with Crippen LogP contribution in [0.25, 0.3) is 10.2 Å². The standard InChI is InChI=1S/C22H20Cl2N2O3S/c1-2-29-18(27)12-26-20-17(10-9-16(23)19(20)24)30-22(26)25-21(28)15-8-7-13-5-3-4-6-14(13)11-15/h7-11H,2-6,12H2,1H3. The highest BCUT2D eigenvalue weighted by Gasteiger charge is 2.17. The Kier molecular flexibility index (Phi) is 6.27. The van der Waals surface area contributed by atoms with Gasteiger partial charge in [0.1, 0.15) is 6.54 Å². The highest BCUT2D eigenvalue weighted by atomic mass is 35.5. The normalized spacial score (nSPS) is 14.0. The van der Waals surface area contributed by atoms with Gasteiger partial charge in [-0.15, -0.1) is 0 Å². The molecule has 0 bridgehead atoms. The van der Waals surface area contributed by atoms with Gasteiger partial charge in [-0.25, -0.2) is 0 Å². The summed E-state index contributed by atoms with van der Waals surface area (Å²) in [6.45, 7) is 1.89. The summed E-state index contributed by atoms with van der Waals surface area (Å²) in [4.78, 5) is 29.8. The van der Waals surface area contributed by atoms with E-state index in [1.54, 1.807) is 23.6 Å². The number of hydrogen-bond donors (Lipinski definition) is 0. The van der Waals surface area contributed by atoms with E-state index in [2.05, 4.69) is 4.99 Å². The van der Waals surface area contributed by atoms with Crippen molar-refractivity contribution in [3.05, 3.63) is 61.9 Å². The van der Waals surface area contributed by atoms with E-state index in [4.69, 9.17) is 27.9 Å². The molecule has 8 heteroatoms. The molecule has 0 saturated heterocycles. The van der Waals surface area contributed by atoms with Crippen LogP contribution in [0.4, 0.5) is 0 Å². The molecule has 0 radical (unpaired) electrons. The van der Waals surface area contributed by atoms with Crippen molar-refractivity contribution in [2.45, 2.75) is 39.2 Å². The van der Waals surface area contributed by atoms with Gasteiger partial charge in [0.25, 0.3) is 5.91 Å². The third-order valence-electron chi connectivity index (χ3n) is 5.12. The number of fused-ring (bicyclic) bond motifs is 2. The predicted molar refractivity (Wildman–Crippen MR) is 119 cm³/mol. The van der Waals surface area contributed by atoms with Crippen LogP contribution in [0.5, 0.6) is 0 Å². The fourth-order valence-electron chi connectivity index (χ4n) is 3.69. The van der Waals surface area contributed by atoms with E-state index in [0.29, 0.717) is 25.9 Å². The van der Waals surface area contributed by atoms with Gasteiger partial charge in [0.2, 0.25) is 0 Å². The molecule has 0 saturated carbocycles. The van der Waals surface area contributed by atoms with Gasteiger partial charge in [-0.3, -0.25) is 9.59 Å². The van der Waals surface area contributed by atoms with E-state index in [1.165, 1.54) is 28.9 Å². The fourth-order valence-corrected chi connectivity index (χ4v) is 5.20. The number of nitrogens with zero attached hydrogens (tertiary/aromatic N) is 2. The SMILES string of the molecule is CCOC(=O)Cn1c(=NC(=O)c2ccc3c(c2)CCCC3)sc2ccc(Cl)c(Cl)c21. The molecule has 1 aliphatic rings. The smallest absolute Gasteiger partial charge is 0.326 e. The van der Waals surface area contributed by atoms with E-state index in [-0.39, 0.29) is 19.1 Å². The second-order valence-corrected chi connectivity index (χ2v) is 8.89. The molecule has 0 aliphatic heterocycles. The minimum Gasteiger partial charge on any atom is -0.465 e. The number of halogens is 2. The van der Waals surface area contributed by atoms with E-state index in [0.717, 1.165) is 24.0 Å². The molecule has 0 N–H and O–H groups in total. The molecule has 1 heterocycles. The first-order valence-corrected chi connectivity index (χ1v) is 11.4.